The summed E-state index contributed by atoms with van der Waals surface area (Å²) in [7, 11) is -3.95. The molecule has 2 heterocycles. The molecule has 32 heavy (non-hydrogen) atoms. The largest absolute Gasteiger partial charge is 0.486 e. The first kappa shape index (κ1) is 22.2. The number of benzene rings is 2. The van der Waals surface area contributed by atoms with Crippen molar-refractivity contribution in [1.82, 2.24) is 15.2 Å². The lowest BCUT2D eigenvalue weighted by molar-refractivity contribution is -0.124. The van der Waals surface area contributed by atoms with Gasteiger partial charge in [0.15, 0.2) is 16.6 Å². The Morgan fingerprint density at radius 3 is 2.62 bits per heavy atom. The number of nitrogens with one attached hydrogen (secondary N) is 3. The molecule has 0 radical (unpaired) electrons. The predicted octanol–water partition coefficient (Wildman–Crippen LogP) is 1.77. The van der Waals surface area contributed by atoms with Crippen LogP contribution in [-0.2, 0) is 14.8 Å². The Balaban J connectivity index is 1.42. The van der Waals surface area contributed by atoms with E-state index >= 15 is 0 Å². The second-order valence-electron chi connectivity index (χ2n) is 7.13. The third-order valence-electron chi connectivity index (χ3n) is 5.05. The molecule has 2 aromatic carbocycles. The van der Waals surface area contributed by atoms with Crippen LogP contribution in [0.1, 0.15) is 12.8 Å². The van der Waals surface area contributed by atoms with E-state index in [-0.39, 0.29) is 22.2 Å². The molecule has 1 fully saturated rings. The van der Waals surface area contributed by atoms with Crippen LogP contribution in [0.5, 0.6) is 11.5 Å². The third-order valence-corrected chi connectivity index (χ3v) is 7.16. The minimum Gasteiger partial charge on any atom is -0.486 e. The Labute approximate surface area is 189 Å². The van der Waals surface area contributed by atoms with E-state index in [1.165, 1.54) is 30.3 Å². The zero-order valence-electron chi connectivity index (χ0n) is 16.8. The number of anilines is 1. The van der Waals surface area contributed by atoms with E-state index in [0.29, 0.717) is 37.6 Å². The number of hydrazine groups is 1. The molecule has 0 spiro atoms. The summed E-state index contributed by atoms with van der Waals surface area (Å²) in [5.41, 5.74) is 5.03. The quantitative estimate of drug-likeness (QED) is 0.449. The highest BCUT2D eigenvalue weighted by molar-refractivity contribution is 7.89. The molecule has 2 aliphatic heterocycles. The van der Waals surface area contributed by atoms with Crippen LogP contribution in [0.25, 0.3) is 0 Å². The second-order valence-corrected chi connectivity index (χ2v) is 9.43. The molecule has 3 N–H and O–H groups in total. The van der Waals surface area contributed by atoms with Gasteiger partial charge in [0.2, 0.25) is 10.0 Å². The van der Waals surface area contributed by atoms with Gasteiger partial charge in [-0.25, -0.2) is 12.8 Å². The maximum absolute atomic E-state index is 13.7. The number of carbonyl (C=O) groups excluding carboxylic acids is 1. The van der Waals surface area contributed by atoms with Crippen molar-refractivity contribution in [2.45, 2.75) is 23.8 Å². The standard InChI is InChI=1S/C20H21FN4O5S2/c21-14-4-1-2-5-15(14)22-20(31)24-23-19(26)16-6-3-9-25(16)32(27,28)13-7-8-17-18(12-13)30-11-10-29-17/h1-2,4-5,7-8,12,16H,3,6,9-11H2,(H,23,26)(H2,22,24,31)/t16-/m1/s1. The maximum Gasteiger partial charge on any atom is 0.256 e. The van der Waals surface area contributed by atoms with Crippen molar-refractivity contribution in [1.29, 1.82) is 0 Å². The molecule has 2 aromatic rings. The lowest BCUT2D eigenvalue weighted by atomic mass is 10.2. The molecule has 170 valence electrons. The Morgan fingerprint density at radius 1 is 1.09 bits per heavy atom. The van der Waals surface area contributed by atoms with Crippen LogP contribution < -0.4 is 25.6 Å². The fourth-order valence-corrected chi connectivity index (χ4v) is 5.36. The number of sulfonamides is 1. The lowest BCUT2D eigenvalue weighted by Crippen LogP contribution is -2.52. The summed E-state index contributed by atoms with van der Waals surface area (Å²) in [5, 5.41) is 2.59. The van der Waals surface area contributed by atoms with Crippen LogP contribution in [0.3, 0.4) is 0 Å². The van der Waals surface area contributed by atoms with E-state index in [1.54, 1.807) is 12.1 Å². The number of hydrogen-bond donors (Lipinski definition) is 3. The highest BCUT2D eigenvalue weighted by Crippen LogP contribution is 2.34. The number of para-hydroxylation sites is 1. The first-order chi connectivity index (χ1) is 15.4. The highest BCUT2D eigenvalue weighted by atomic mass is 32.2. The van der Waals surface area contributed by atoms with Gasteiger partial charge >= 0.3 is 0 Å². The Kier molecular flexibility index (Phi) is 6.44. The Morgan fingerprint density at radius 2 is 1.84 bits per heavy atom. The van der Waals surface area contributed by atoms with Crippen LogP contribution in [0.2, 0.25) is 0 Å². The molecule has 1 atom stereocenters. The van der Waals surface area contributed by atoms with E-state index in [0.717, 1.165) is 4.31 Å². The second kappa shape index (κ2) is 9.27. The normalized spacial score (nSPS) is 18.1. The van der Waals surface area contributed by atoms with Crippen molar-refractivity contribution in [3.8, 4) is 11.5 Å². The van der Waals surface area contributed by atoms with Crippen molar-refractivity contribution in [3.63, 3.8) is 0 Å². The van der Waals surface area contributed by atoms with Crippen molar-refractivity contribution in [2.24, 2.45) is 0 Å². The summed E-state index contributed by atoms with van der Waals surface area (Å²) in [5.74, 6) is -0.244. The highest BCUT2D eigenvalue weighted by Gasteiger charge is 2.40. The van der Waals surface area contributed by atoms with Gasteiger partial charge < -0.3 is 14.8 Å². The number of carbonyl (C=O) groups is 1. The topological polar surface area (TPSA) is 109 Å². The van der Waals surface area contributed by atoms with Gasteiger partial charge in [-0.2, -0.15) is 4.31 Å². The van der Waals surface area contributed by atoms with Crippen LogP contribution in [-0.4, -0.2) is 49.5 Å². The molecule has 0 unspecified atom stereocenters. The van der Waals surface area contributed by atoms with Gasteiger partial charge in [0.1, 0.15) is 25.1 Å². The molecule has 1 saturated heterocycles. The Bertz CT molecular complexity index is 1140. The number of halogens is 1. The SMILES string of the molecule is O=C(NNC(=S)Nc1ccccc1F)[C@H]1CCCN1S(=O)(=O)c1ccc2c(c1)OCCO2. The molecule has 0 bridgehead atoms. The van der Waals surface area contributed by atoms with Crippen LogP contribution in [0.4, 0.5) is 10.1 Å². The van der Waals surface area contributed by atoms with Crippen molar-refractivity contribution in [3.05, 3.63) is 48.3 Å². The van der Waals surface area contributed by atoms with E-state index in [4.69, 9.17) is 21.7 Å². The number of amides is 1. The van der Waals surface area contributed by atoms with Crippen LogP contribution in [0.15, 0.2) is 47.4 Å². The van der Waals surface area contributed by atoms with Gasteiger partial charge in [0.05, 0.1) is 10.6 Å². The van der Waals surface area contributed by atoms with Crippen LogP contribution >= 0.6 is 12.2 Å². The van der Waals surface area contributed by atoms with Crippen molar-refractivity contribution >= 4 is 38.9 Å². The number of thiocarbonyl (C=S) groups is 1. The molecule has 2 aliphatic rings. The molecule has 0 saturated carbocycles. The van der Waals surface area contributed by atoms with Gasteiger partial charge in [0.25, 0.3) is 5.91 Å². The molecule has 4 rings (SSSR count). The summed E-state index contributed by atoms with van der Waals surface area (Å²) >= 11 is 5.06. The van der Waals surface area contributed by atoms with Gasteiger partial charge in [0, 0.05) is 12.6 Å². The first-order valence-corrected chi connectivity index (χ1v) is 11.7. The zero-order valence-corrected chi connectivity index (χ0v) is 18.5. The molecule has 1 amide bonds. The summed E-state index contributed by atoms with van der Waals surface area (Å²) in [4.78, 5) is 12.7. The summed E-state index contributed by atoms with van der Waals surface area (Å²) in [6, 6.07) is 9.39. The number of hydrogen-bond acceptors (Lipinski definition) is 6. The van der Waals surface area contributed by atoms with E-state index < -0.39 is 27.8 Å². The van der Waals surface area contributed by atoms with Crippen molar-refractivity contribution < 1.29 is 27.1 Å². The van der Waals surface area contributed by atoms with Crippen LogP contribution in [0, 0.1) is 5.82 Å². The minimum absolute atomic E-state index is 0.0196. The maximum atomic E-state index is 13.7. The van der Waals surface area contributed by atoms with Crippen molar-refractivity contribution in [2.75, 3.05) is 25.1 Å². The summed E-state index contributed by atoms with van der Waals surface area (Å²) < 4.78 is 52.2. The fraction of sp³-hybridized carbons (Fsp3) is 0.300. The number of ether oxygens (including phenoxy) is 2. The number of nitrogens with zero attached hydrogens (tertiary/aromatic N) is 1. The fourth-order valence-electron chi connectivity index (χ4n) is 3.53. The summed E-state index contributed by atoms with van der Waals surface area (Å²) in [6.45, 7) is 0.929. The Hall–Kier alpha value is -2.96. The third kappa shape index (κ3) is 4.61. The molecular formula is C20H21FN4O5S2. The van der Waals surface area contributed by atoms with E-state index in [9.17, 15) is 17.6 Å². The van der Waals surface area contributed by atoms with Gasteiger partial charge in [-0.05, 0) is 49.3 Å². The first-order valence-electron chi connectivity index (χ1n) is 9.89. The van der Waals surface area contributed by atoms with Gasteiger partial charge in [-0.1, -0.05) is 12.1 Å². The monoisotopic (exact) mass is 480 g/mol. The zero-order chi connectivity index (χ0) is 22.7. The lowest BCUT2D eigenvalue weighted by Gasteiger charge is -2.25. The number of rotatable bonds is 4. The van der Waals surface area contributed by atoms with Gasteiger partial charge in [-0.15, -0.1) is 0 Å². The molecule has 0 aromatic heterocycles. The predicted molar refractivity (Wildman–Crippen MR) is 118 cm³/mol. The number of fused-ring (bicyclic) bond motifs is 1. The summed E-state index contributed by atoms with van der Waals surface area (Å²) in [6.07, 6.45) is 0.880. The molecular weight excluding hydrogens is 459 g/mol. The minimum atomic E-state index is -3.95. The van der Waals surface area contributed by atoms with E-state index in [1.807, 2.05) is 0 Å². The molecule has 12 heteroatoms. The average Bonchev–Trinajstić information content (AvgIpc) is 3.30. The van der Waals surface area contributed by atoms with Gasteiger partial charge in [-0.3, -0.25) is 15.6 Å². The molecule has 0 aliphatic carbocycles. The van der Waals surface area contributed by atoms with E-state index in [2.05, 4.69) is 16.2 Å². The average molecular weight is 481 g/mol. The smallest absolute Gasteiger partial charge is 0.256 e. The molecule has 9 nitrogen and oxygen atoms in total.